The lowest BCUT2D eigenvalue weighted by Crippen LogP contribution is -2.12. The van der Waals surface area contributed by atoms with Crippen LogP contribution in [0.15, 0.2) is 24.1 Å². The van der Waals surface area contributed by atoms with E-state index in [1.54, 1.807) is 5.57 Å². The van der Waals surface area contributed by atoms with Gasteiger partial charge in [-0.2, -0.15) is 0 Å². The zero-order chi connectivity index (χ0) is 8.67. The zero-order valence-electron chi connectivity index (χ0n) is 7.40. The van der Waals surface area contributed by atoms with Gasteiger partial charge in [-0.15, -0.1) is 10.2 Å². The minimum Gasteiger partial charge on any atom is -0.314 e. The van der Waals surface area contributed by atoms with E-state index in [1.165, 1.54) is 12.0 Å². The van der Waals surface area contributed by atoms with Gasteiger partial charge >= 0.3 is 0 Å². The predicted octanol–water partition coefficient (Wildman–Crippen LogP) is 1.79. The monoisotopic (exact) mass is 173 g/mol. The van der Waals surface area contributed by atoms with Gasteiger partial charge in [0.1, 0.15) is 6.33 Å². The summed E-state index contributed by atoms with van der Waals surface area (Å²) in [4.78, 5) is 0. The SMILES string of the molecule is C1=CCC2=C(C1)CCn1cnnc12. The maximum Gasteiger partial charge on any atom is 0.159 e. The summed E-state index contributed by atoms with van der Waals surface area (Å²) in [6, 6.07) is 0. The van der Waals surface area contributed by atoms with Crippen molar-refractivity contribution in [2.24, 2.45) is 0 Å². The van der Waals surface area contributed by atoms with Crippen molar-refractivity contribution >= 4 is 5.57 Å². The number of aromatic nitrogens is 3. The molecule has 3 heteroatoms. The number of fused-ring (bicyclic) bond motifs is 2. The lowest BCUT2D eigenvalue weighted by atomic mass is 9.92. The van der Waals surface area contributed by atoms with E-state index in [2.05, 4.69) is 26.9 Å². The molecule has 0 saturated heterocycles. The molecule has 0 unspecified atom stereocenters. The van der Waals surface area contributed by atoms with Crippen LogP contribution in [0.4, 0.5) is 0 Å². The van der Waals surface area contributed by atoms with Crippen molar-refractivity contribution in [3.05, 3.63) is 29.9 Å². The Kier molecular flexibility index (Phi) is 1.39. The highest BCUT2D eigenvalue weighted by atomic mass is 15.3. The summed E-state index contributed by atoms with van der Waals surface area (Å²) >= 11 is 0. The lowest BCUT2D eigenvalue weighted by Gasteiger charge is -2.21. The van der Waals surface area contributed by atoms with Crippen molar-refractivity contribution in [3.63, 3.8) is 0 Å². The number of hydrogen-bond acceptors (Lipinski definition) is 2. The number of allylic oxidation sites excluding steroid dienone is 4. The van der Waals surface area contributed by atoms with Gasteiger partial charge in [-0.3, -0.25) is 0 Å². The van der Waals surface area contributed by atoms with E-state index < -0.39 is 0 Å². The van der Waals surface area contributed by atoms with Crippen molar-refractivity contribution < 1.29 is 0 Å². The van der Waals surface area contributed by atoms with E-state index in [0.717, 1.165) is 25.2 Å². The molecule has 0 N–H and O–H groups in total. The van der Waals surface area contributed by atoms with E-state index >= 15 is 0 Å². The Balaban J connectivity index is 2.13. The standard InChI is InChI=1S/C10H11N3/c1-2-4-9-8(3-1)5-6-13-7-11-12-10(9)13/h1-2,7H,3-6H2. The number of aryl methyl sites for hydroxylation is 1. The van der Waals surface area contributed by atoms with Gasteiger partial charge in [-0.25, -0.2) is 0 Å². The third kappa shape index (κ3) is 0.963. The van der Waals surface area contributed by atoms with Crippen LogP contribution in [0, 0.1) is 0 Å². The minimum absolute atomic E-state index is 1.04. The molecule has 1 aromatic rings. The highest BCUT2D eigenvalue weighted by Crippen LogP contribution is 2.32. The molecule has 0 saturated carbocycles. The molecule has 0 spiro atoms. The smallest absolute Gasteiger partial charge is 0.159 e. The van der Waals surface area contributed by atoms with Crippen molar-refractivity contribution in [3.8, 4) is 0 Å². The highest BCUT2D eigenvalue weighted by Gasteiger charge is 2.20. The third-order valence-electron chi connectivity index (χ3n) is 2.82. The van der Waals surface area contributed by atoms with Gasteiger partial charge in [0.2, 0.25) is 0 Å². The summed E-state index contributed by atoms with van der Waals surface area (Å²) in [6.45, 7) is 1.05. The summed E-state index contributed by atoms with van der Waals surface area (Å²) in [7, 11) is 0. The molecule has 3 rings (SSSR count). The van der Waals surface area contributed by atoms with E-state index in [4.69, 9.17) is 0 Å². The van der Waals surface area contributed by atoms with E-state index in [1.807, 2.05) is 6.33 Å². The second-order valence-electron chi connectivity index (χ2n) is 3.56. The largest absolute Gasteiger partial charge is 0.314 e. The van der Waals surface area contributed by atoms with Crippen LogP contribution in [0.1, 0.15) is 25.1 Å². The molecule has 1 aliphatic carbocycles. The van der Waals surface area contributed by atoms with Crippen LogP contribution in [0.3, 0.4) is 0 Å². The quantitative estimate of drug-likeness (QED) is 0.560. The van der Waals surface area contributed by atoms with Crippen LogP contribution in [0.25, 0.3) is 5.57 Å². The van der Waals surface area contributed by atoms with Gasteiger partial charge in [0.05, 0.1) is 0 Å². The Morgan fingerprint density at radius 2 is 2.15 bits per heavy atom. The molecule has 2 heterocycles. The molecule has 0 bridgehead atoms. The molecule has 0 fully saturated rings. The molecule has 0 aromatic carbocycles. The van der Waals surface area contributed by atoms with Crippen molar-refractivity contribution in [2.45, 2.75) is 25.8 Å². The summed E-state index contributed by atoms with van der Waals surface area (Å²) in [5.41, 5.74) is 2.97. The average molecular weight is 173 g/mol. The summed E-state index contributed by atoms with van der Waals surface area (Å²) < 4.78 is 2.15. The Morgan fingerprint density at radius 1 is 1.23 bits per heavy atom. The molecule has 3 nitrogen and oxygen atoms in total. The maximum atomic E-state index is 4.16. The van der Waals surface area contributed by atoms with Crippen LogP contribution in [-0.4, -0.2) is 14.8 Å². The van der Waals surface area contributed by atoms with Crippen molar-refractivity contribution in [1.82, 2.24) is 14.8 Å². The van der Waals surface area contributed by atoms with Crippen LogP contribution in [-0.2, 0) is 6.54 Å². The average Bonchev–Trinajstić information content (AvgIpc) is 2.65. The van der Waals surface area contributed by atoms with Crippen molar-refractivity contribution in [2.75, 3.05) is 0 Å². The molecule has 0 radical (unpaired) electrons. The molecule has 2 aliphatic rings. The zero-order valence-corrected chi connectivity index (χ0v) is 7.40. The van der Waals surface area contributed by atoms with Crippen molar-refractivity contribution in [1.29, 1.82) is 0 Å². The molecular weight excluding hydrogens is 162 g/mol. The fourth-order valence-electron chi connectivity index (χ4n) is 2.10. The van der Waals surface area contributed by atoms with E-state index in [9.17, 15) is 0 Å². The summed E-state index contributed by atoms with van der Waals surface area (Å²) in [6.07, 6.45) is 9.63. The van der Waals surface area contributed by atoms with Gasteiger partial charge in [0.15, 0.2) is 5.82 Å². The Bertz CT molecular complexity index is 398. The number of hydrogen-bond donors (Lipinski definition) is 0. The fraction of sp³-hybridized carbons (Fsp3) is 0.400. The van der Waals surface area contributed by atoms with Gasteiger partial charge in [0, 0.05) is 12.1 Å². The fourth-order valence-corrected chi connectivity index (χ4v) is 2.10. The lowest BCUT2D eigenvalue weighted by molar-refractivity contribution is 0.649. The van der Waals surface area contributed by atoms with E-state index in [0.29, 0.717) is 0 Å². The molecule has 0 amide bonds. The molecule has 0 atom stereocenters. The topological polar surface area (TPSA) is 30.7 Å². The van der Waals surface area contributed by atoms with Gasteiger partial charge in [-0.05, 0) is 19.3 Å². The Labute approximate surface area is 76.8 Å². The molecular formula is C10H11N3. The van der Waals surface area contributed by atoms with Crippen LogP contribution >= 0.6 is 0 Å². The summed E-state index contributed by atoms with van der Waals surface area (Å²) in [5, 5.41) is 8.11. The highest BCUT2D eigenvalue weighted by molar-refractivity contribution is 5.67. The Morgan fingerprint density at radius 3 is 3.15 bits per heavy atom. The minimum atomic E-state index is 1.04. The first-order chi connectivity index (χ1) is 6.45. The second-order valence-corrected chi connectivity index (χ2v) is 3.56. The number of nitrogens with zero attached hydrogens (tertiary/aromatic N) is 3. The first-order valence-corrected chi connectivity index (χ1v) is 4.69. The van der Waals surface area contributed by atoms with E-state index in [-0.39, 0.29) is 0 Å². The van der Waals surface area contributed by atoms with Gasteiger partial charge in [0.25, 0.3) is 0 Å². The molecule has 13 heavy (non-hydrogen) atoms. The first-order valence-electron chi connectivity index (χ1n) is 4.69. The Hall–Kier alpha value is -1.38. The van der Waals surface area contributed by atoms with Crippen LogP contribution < -0.4 is 0 Å². The van der Waals surface area contributed by atoms with Gasteiger partial charge in [-0.1, -0.05) is 17.7 Å². The second kappa shape index (κ2) is 2.55. The summed E-state index contributed by atoms with van der Waals surface area (Å²) in [5.74, 6) is 1.09. The first kappa shape index (κ1) is 7.06. The maximum absolute atomic E-state index is 4.16. The van der Waals surface area contributed by atoms with Crippen LogP contribution in [0.2, 0.25) is 0 Å². The normalized spacial score (nSPS) is 20.0. The van der Waals surface area contributed by atoms with Crippen LogP contribution in [0.5, 0.6) is 0 Å². The molecule has 1 aliphatic heterocycles. The number of rotatable bonds is 0. The predicted molar refractivity (Wildman–Crippen MR) is 49.9 cm³/mol. The third-order valence-corrected chi connectivity index (χ3v) is 2.82. The molecule has 1 aromatic heterocycles. The molecule has 66 valence electrons. The van der Waals surface area contributed by atoms with Gasteiger partial charge < -0.3 is 4.57 Å².